The quantitative estimate of drug-likeness (QED) is 0.563. The fraction of sp³-hybridized carbons (Fsp3) is 0.462. The van der Waals surface area contributed by atoms with Crippen LogP contribution in [0.2, 0.25) is 0 Å². The van der Waals surface area contributed by atoms with Crippen LogP contribution in [0.5, 0.6) is 0 Å². The molecule has 1 aromatic heterocycles. The lowest BCUT2D eigenvalue weighted by Crippen LogP contribution is -2.25. The average Bonchev–Trinajstić information content (AvgIpc) is 2.40. The molecule has 6 heteroatoms. The van der Waals surface area contributed by atoms with E-state index in [1.165, 1.54) is 16.8 Å². The van der Waals surface area contributed by atoms with Gasteiger partial charge in [-0.05, 0) is 13.8 Å². The molecule has 1 rings (SSSR count). The van der Waals surface area contributed by atoms with Crippen LogP contribution in [0.3, 0.4) is 0 Å². The van der Waals surface area contributed by atoms with Crippen molar-refractivity contribution >= 4 is 11.7 Å². The Hall–Kier alpha value is -2.11. The molecule has 0 amide bonds. The van der Waals surface area contributed by atoms with Crippen molar-refractivity contribution < 1.29 is 9.53 Å². The summed E-state index contributed by atoms with van der Waals surface area (Å²) in [5, 5.41) is 4.05. The van der Waals surface area contributed by atoms with Crippen molar-refractivity contribution in [2.45, 2.75) is 20.4 Å². The van der Waals surface area contributed by atoms with Gasteiger partial charge in [-0.2, -0.15) is 5.10 Å². The van der Waals surface area contributed by atoms with E-state index >= 15 is 0 Å². The van der Waals surface area contributed by atoms with Crippen LogP contribution in [-0.2, 0) is 16.1 Å². The predicted molar refractivity (Wildman–Crippen MR) is 73.2 cm³/mol. The number of carbonyl (C=O) groups is 1. The van der Waals surface area contributed by atoms with Crippen LogP contribution < -0.4 is 10.5 Å². The summed E-state index contributed by atoms with van der Waals surface area (Å²) in [5.41, 5.74) is 0.574. The first-order valence-electron chi connectivity index (χ1n) is 6.20. The molecule has 0 aliphatic rings. The fourth-order valence-corrected chi connectivity index (χ4v) is 1.39. The second-order valence-electron chi connectivity index (χ2n) is 3.90. The van der Waals surface area contributed by atoms with E-state index in [9.17, 15) is 9.59 Å². The Bertz CT molecular complexity index is 508. The van der Waals surface area contributed by atoms with Crippen LogP contribution in [-0.4, -0.2) is 35.9 Å². The van der Waals surface area contributed by atoms with E-state index < -0.39 is 5.97 Å². The summed E-state index contributed by atoms with van der Waals surface area (Å²) in [4.78, 5) is 24.8. The van der Waals surface area contributed by atoms with Gasteiger partial charge in [-0.25, -0.2) is 9.48 Å². The molecular weight excluding hydrogens is 246 g/mol. The third-order valence-corrected chi connectivity index (χ3v) is 2.59. The molecule has 0 saturated carbocycles. The molecule has 0 aliphatic carbocycles. The van der Waals surface area contributed by atoms with E-state index in [1.807, 2.05) is 18.9 Å². The van der Waals surface area contributed by atoms with Gasteiger partial charge in [0.2, 0.25) is 0 Å². The second kappa shape index (κ2) is 7.35. The molecule has 0 saturated heterocycles. The molecule has 1 aromatic rings. The normalized spacial score (nSPS) is 10.7. The summed E-state index contributed by atoms with van der Waals surface area (Å²) >= 11 is 0. The minimum Gasteiger partial charge on any atom is -0.463 e. The molecule has 0 aromatic carbocycles. The molecule has 6 nitrogen and oxygen atoms in total. The van der Waals surface area contributed by atoms with Gasteiger partial charge in [0.15, 0.2) is 0 Å². The predicted octanol–water partition coefficient (Wildman–Crippen LogP) is 0.819. The van der Waals surface area contributed by atoms with Crippen LogP contribution in [0.4, 0.5) is 5.69 Å². The lowest BCUT2D eigenvalue weighted by atomic mass is 10.4. The SMILES string of the molecule is CCOC(=O)/C=C/Cn1ncc(N(C)CC)cc1=O. The smallest absolute Gasteiger partial charge is 0.330 e. The molecule has 0 radical (unpaired) electrons. The molecule has 1 heterocycles. The minimum atomic E-state index is -0.419. The van der Waals surface area contributed by atoms with Crippen LogP contribution >= 0.6 is 0 Å². The molecule has 0 N–H and O–H groups in total. The zero-order valence-corrected chi connectivity index (χ0v) is 11.5. The van der Waals surface area contributed by atoms with Gasteiger partial charge in [-0.3, -0.25) is 4.79 Å². The third kappa shape index (κ3) is 4.57. The molecule has 0 bridgehead atoms. The summed E-state index contributed by atoms with van der Waals surface area (Å²) in [6, 6.07) is 1.52. The van der Waals surface area contributed by atoms with Crippen molar-refractivity contribution in [3.8, 4) is 0 Å². The average molecular weight is 265 g/mol. The highest BCUT2D eigenvalue weighted by Gasteiger charge is 2.02. The van der Waals surface area contributed by atoms with E-state index in [1.54, 1.807) is 19.2 Å². The zero-order valence-electron chi connectivity index (χ0n) is 11.5. The van der Waals surface area contributed by atoms with E-state index in [-0.39, 0.29) is 12.1 Å². The van der Waals surface area contributed by atoms with Crippen molar-refractivity contribution in [2.24, 2.45) is 0 Å². The van der Waals surface area contributed by atoms with Gasteiger partial charge in [0.25, 0.3) is 5.56 Å². The number of carbonyl (C=O) groups excluding carboxylic acids is 1. The molecule has 0 fully saturated rings. The monoisotopic (exact) mass is 265 g/mol. The Labute approximate surface area is 112 Å². The van der Waals surface area contributed by atoms with Crippen LogP contribution in [0.15, 0.2) is 29.2 Å². The first-order valence-corrected chi connectivity index (χ1v) is 6.20. The van der Waals surface area contributed by atoms with E-state index in [0.717, 1.165) is 12.2 Å². The second-order valence-corrected chi connectivity index (χ2v) is 3.90. The number of hydrogen-bond acceptors (Lipinski definition) is 5. The number of ether oxygens (including phenoxy) is 1. The van der Waals surface area contributed by atoms with Crippen molar-refractivity contribution in [2.75, 3.05) is 25.1 Å². The number of anilines is 1. The van der Waals surface area contributed by atoms with Gasteiger partial charge in [0.05, 0.1) is 25.0 Å². The van der Waals surface area contributed by atoms with Crippen LogP contribution in [0, 0.1) is 0 Å². The molecule has 19 heavy (non-hydrogen) atoms. The van der Waals surface area contributed by atoms with Gasteiger partial charge in [-0.1, -0.05) is 6.08 Å². The maximum absolute atomic E-state index is 11.8. The van der Waals surface area contributed by atoms with Gasteiger partial charge in [0, 0.05) is 25.7 Å². The van der Waals surface area contributed by atoms with Crippen molar-refractivity contribution in [1.29, 1.82) is 0 Å². The Morgan fingerprint density at radius 3 is 2.84 bits per heavy atom. The number of aromatic nitrogens is 2. The summed E-state index contributed by atoms with van der Waals surface area (Å²) in [5.74, 6) is -0.419. The lowest BCUT2D eigenvalue weighted by Gasteiger charge is -2.15. The minimum absolute atomic E-state index is 0.202. The maximum Gasteiger partial charge on any atom is 0.330 e. The number of nitrogens with zero attached hydrogens (tertiary/aromatic N) is 3. The molecule has 0 spiro atoms. The summed E-state index contributed by atoms with van der Waals surface area (Å²) < 4.78 is 6.02. The van der Waals surface area contributed by atoms with Gasteiger partial charge >= 0.3 is 5.97 Å². The summed E-state index contributed by atoms with van der Waals surface area (Å²) in [7, 11) is 1.89. The zero-order chi connectivity index (χ0) is 14.3. The molecule has 0 aliphatic heterocycles. The molecule has 104 valence electrons. The van der Waals surface area contributed by atoms with Crippen LogP contribution in [0.25, 0.3) is 0 Å². The number of esters is 1. The Morgan fingerprint density at radius 1 is 1.53 bits per heavy atom. The maximum atomic E-state index is 11.8. The molecule has 0 unspecified atom stereocenters. The van der Waals surface area contributed by atoms with E-state index in [0.29, 0.717) is 6.61 Å². The van der Waals surface area contributed by atoms with E-state index in [4.69, 9.17) is 4.74 Å². The third-order valence-electron chi connectivity index (χ3n) is 2.59. The Morgan fingerprint density at radius 2 is 2.26 bits per heavy atom. The first kappa shape index (κ1) is 14.9. The molecule has 0 atom stereocenters. The Balaban J connectivity index is 2.70. The van der Waals surface area contributed by atoms with E-state index in [2.05, 4.69) is 5.10 Å². The van der Waals surface area contributed by atoms with Gasteiger partial charge in [-0.15, -0.1) is 0 Å². The van der Waals surface area contributed by atoms with Crippen molar-refractivity contribution in [3.05, 3.63) is 34.8 Å². The highest BCUT2D eigenvalue weighted by atomic mass is 16.5. The standard InChI is InChI=1S/C13H19N3O3/c1-4-15(3)11-9-12(17)16(14-10-11)8-6-7-13(18)19-5-2/h6-7,9-10H,4-5,8H2,1-3H3/b7-6+. The number of rotatable bonds is 6. The lowest BCUT2D eigenvalue weighted by molar-refractivity contribution is -0.137. The highest BCUT2D eigenvalue weighted by Crippen LogP contribution is 2.05. The molecular formula is C13H19N3O3. The Kier molecular flexibility index (Phi) is 5.78. The topological polar surface area (TPSA) is 64.4 Å². The summed E-state index contributed by atoms with van der Waals surface area (Å²) in [6.45, 7) is 5.11. The highest BCUT2D eigenvalue weighted by molar-refractivity contribution is 5.81. The fourth-order valence-electron chi connectivity index (χ4n) is 1.39. The van der Waals surface area contributed by atoms with Gasteiger partial charge < -0.3 is 9.64 Å². The number of allylic oxidation sites excluding steroid dienone is 1. The van der Waals surface area contributed by atoms with Crippen molar-refractivity contribution in [3.63, 3.8) is 0 Å². The largest absolute Gasteiger partial charge is 0.463 e. The summed E-state index contributed by atoms with van der Waals surface area (Å²) in [6.07, 6.45) is 4.47. The number of hydrogen-bond donors (Lipinski definition) is 0. The van der Waals surface area contributed by atoms with Gasteiger partial charge in [0.1, 0.15) is 0 Å². The first-order chi connectivity index (χ1) is 9.08. The van der Waals surface area contributed by atoms with Crippen LogP contribution in [0.1, 0.15) is 13.8 Å². The van der Waals surface area contributed by atoms with Crippen molar-refractivity contribution in [1.82, 2.24) is 9.78 Å².